The van der Waals surface area contributed by atoms with Gasteiger partial charge in [0, 0.05) is 26.1 Å². The molecule has 2 amide bonds. The third-order valence-corrected chi connectivity index (χ3v) is 4.34. The number of amides is 2. The topological polar surface area (TPSA) is 49.4 Å². The summed E-state index contributed by atoms with van der Waals surface area (Å²) in [5.74, 6) is 0.554. The van der Waals surface area contributed by atoms with Crippen LogP contribution in [-0.2, 0) is 16.1 Å². The predicted molar refractivity (Wildman–Crippen MR) is 91.8 cm³/mol. The Kier molecular flexibility index (Phi) is 6.20. The monoisotopic (exact) mass is 316 g/mol. The van der Waals surface area contributed by atoms with Gasteiger partial charge in [-0.1, -0.05) is 43.7 Å². The van der Waals surface area contributed by atoms with Crippen molar-refractivity contribution in [3.63, 3.8) is 0 Å². The molecule has 1 heterocycles. The molecule has 1 atom stereocenters. The maximum atomic E-state index is 12.2. The van der Waals surface area contributed by atoms with Gasteiger partial charge in [0.25, 0.3) is 0 Å². The summed E-state index contributed by atoms with van der Waals surface area (Å²) in [5.41, 5.74) is 2.32. The zero-order chi connectivity index (χ0) is 16.8. The maximum absolute atomic E-state index is 12.2. The van der Waals surface area contributed by atoms with Crippen molar-refractivity contribution in [2.75, 3.05) is 13.1 Å². The average molecular weight is 316 g/mol. The largest absolute Gasteiger partial charge is 0.356 e. The van der Waals surface area contributed by atoms with E-state index in [0.29, 0.717) is 32.0 Å². The number of hydrogen-bond acceptors (Lipinski definition) is 2. The van der Waals surface area contributed by atoms with E-state index in [9.17, 15) is 9.59 Å². The highest BCUT2D eigenvalue weighted by Gasteiger charge is 2.33. The van der Waals surface area contributed by atoms with E-state index >= 15 is 0 Å². The summed E-state index contributed by atoms with van der Waals surface area (Å²) in [4.78, 5) is 26.1. The van der Waals surface area contributed by atoms with Gasteiger partial charge in [-0.05, 0) is 31.2 Å². The fraction of sp³-hybridized carbons (Fsp3) is 0.579. The number of carbonyl (C=O) groups is 2. The van der Waals surface area contributed by atoms with E-state index in [-0.39, 0.29) is 17.7 Å². The molecule has 1 saturated heterocycles. The molecule has 4 nitrogen and oxygen atoms in total. The molecule has 1 aliphatic heterocycles. The van der Waals surface area contributed by atoms with E-state index in [1.165, 1.54) is 5.56 Å². The van der Waals surface area contributed by atoms with Gasteiger partial charge in [0.2, 0.25) is 11.8 Å². The second-order valence-electron chi connectivity index (χ2n) is 6.99. The Bertz CT molecular complexity index is 537. The minimum absolute atomic E-state index is 0.0218. The zero-order valence-corrected chi connectivity index (χ0v) is 14.5. The Morgan fingerprint density at radius 2 is 2.00 bits per heavy atom. The van der Waals surface area contributed by atoms with Gasteiger partial charge in [-0.25, -0.2) is 0 Å². The van der Waals surface area contributed by atoms with Gasteiger partial charge >= 0.3 is 0 Å². The van der Waals surface area contributed by atoms with E-state index < -0.39 is 0 Å². The molecule has 1 N–H and O–H groups in total. The van der Waals surface area contributed by atoms with Crippen LogP contribution in [0.5, 0.6) is 0 Å². The molecule has 2 rings (SSSR count). The highest BCUT2D eigenvalue weighted by Crippen LogP contribution is 2.20. The van der Waals surface area contributed by atoms with Gasteiger partial charge in [0.15, 0.2) is 0 Å². The van der Waals surface area contributed by atoms with Gasteiger partial charge in [0.05, 0.1) is 5.92 Å². The molecule has 0 aliphatic carbocycles. The number of benzene rings is 1. The third kappa shape index (κ3) is 5.38. The van der Waals surface area contributed by atoms with E-state index in [4.69, 9.17) is 0 Å². The lowest BCUT2D eigenvalue weighted by molar-refractivity contribution is -0.129. The van der Waals surface area contributed by atoms with Gasteiger partial charge in [-0.15, -0.1) is 0 Å². The molecule has 1 aliphatic rings. The Labute approximate surface area is 139 Å². The van der Waals surface area contributed by atoms with Crippen LogP contribution in [0.2, 0.25) is 0 Å². The standard InChI is InChI=1S/C19H28N2O2/c1-14(2)5-4-10-20-19(23)17-11-18(22)21(13-17)12-16-8-6-15(3)7-9-16/h6-9,14,17H,4-5,10-13H2,1-3H3,(H,20,23). The fourth-order valence-electron chi connectivity index (χ4n) is 2.88. The molecular formula is C19H28N2O2. The molecule has 126 valence electrons. The molecule has 23 heavy (non-hydrogen) atoms. The van der Waals surface area contributed by atoms with Gasteiger partial charge in [-0.2, -0.15) is 0 Å². The van der Waals surface area contributed by atoms with Crippen molar-refractivity contribution in [1.82, 2.24) is 10.2 Å². The number of rotatable bonds is 7. The van der Waals surface area contributed by atoms with Crippen molar-refractivity contribution in [1.29, 1.82) is 0 Å². The number of likely N-dealkylation sites (tertiary alicyclic amines) is 1. The molecule has 1 aromatic carbocycles. The predicted octanol–water partition coefficient (Wildman–Crippen LogP) is 2.90. The van der Waals surface area contributed by atoms with Crippen LogP contribution in [0.3, 0.4) is 0 Å². The van der Waals surface area contributed by atoms with E-state index in [0.717, 1.165) is 18.4 Å². The Balaban J connectivity index is 1.79. The summed E-state index contributed by atoms with van der Waals surface area (Å²) in [6.45, 7) is 8.24. The summed E-state index contributed by atoms with van der Waals surface area (Å²) in [5, 5.41) is 2.97. The Morgan fingerprint density at radius 1 is 1.30 bits per heavy atom. The van der Waals surface area contributed by atoms with Crippen molar-refractivity contribution in [2.24, 2.45) is 11.8 Å². The molecule has 1 fully saturated rings. The molecule has 0 radical (unpaired) electrons. The number of nitrogens with zero attached hydrogens (tertiary/aromatic N) is 1. The molecule has 1 aromatic rings. The first-order valence-electron chi connectivity index (χ1n) is 8.56. The molecule has 0 spiro atoms. The summed E-state index contributed by atoms with van der Waals surface area (Å²) in [7, 11) is 0. The first kappa shape index (κ1) is 17.5. The van der Waals surface area contributed by atoms with Gasteiger partial charge < -0.3 is 10.2 Å². The number of nitrogens with one attached hydrogen (secondary N) is 1. The quantitative estimate of drug-likeness (QED) is 0.786. The molecular weight excluding hydrogens is 288 g/mol. The van der Waals surface area contributed by atoms with Crippen LogP contribution in [0.25, 0.3) is 0 Å². The summed E-state index contributed by atoms with van der Waals surface area (Å²) in [6.07, 6.45) is 2.45. The minimum Gasteiger partial charge on any atom is -0.356 e. The fourth-order valence-corrected chi connectivity index (χ4v) is 2.88. The van der Waals surface area contributed by atoms with Crippen LogP contribution in [0.1, 0.15) is 44.2 Å². The van der Waals surface area contributed by atoms with Crippen LogP contribution >= 0.6 is 0 Å². The number of carbonyl (C=O) groups excluding carboxylic acids is 2. The van der Waals surface area contributed by atoms with Crippen molar-refractivity contribution >= 4 is 11.8 Å². The average Bonchev–Trinajstić information content (AvgIpc) is 2.87. The first-order chi connectivity index (χ1) is 11.0. The second-order valence-corrected chi connectivity index (χ2v) is 6.99. The SMILES string of the molecule is Cc1ccc(CN2CC(C(=O)NCCCC(C)C)CC2=O)cc1. The zero-order valence-electron chi connectivity index (χ0n) is 14.5. The van der Waals surface area contributed by atoms with Crippen molar-refractivity contribution < 1.29 is 9.59 Å². The number of aryl methyl sites for hydroxylation is 1. The van der Waals surface area contributed by atoms with Crippen LogP contribution < -0.4 is 5.32 Å². The van der Waals surface area contributed by atoms with E-state index in [2.05, 4.69) is 31.3 Å². The lowest BCUT2D eigenvalue weighted by Gasteiger charge is -2.17. The van der Waals surface area contributed by atoms with Crippen LogP contribution in [-0.4, -0.2) is 29.8 Å². The van der Waals surface area contributed by atoms with Gasteiger partial charge in [0.1, 0.15) is 0 Å². The Morgan fingerprint density at radius 3 is 2.65 bits per heavy atom. The molecule has 1 unspecified atom stereocenters. The third-order valence-electron chi connectivity index (χ3n) is 4.34. The number of hydrogen-bond donors (Lipinski definition) is 1. The van der Waals surface area contributed by atoms with Crippen LogP contribution in [0.4, 0.5) is 0 Å². The smallest absolute Gasteiger partial charge is 0.225 e. The van der Waals surface area contributed by atoms with Crippen molar-refractivity contribution in [3.05, 3.63) is 35.4 Å². The first-order valence-corrected chi connectivity index (χ1v) is 8.56. The summed E-state index contributed by atoms with van der Waals surface area (Å²) >= 11 is 0. The molecule has 4 heteroatoms. The highest BCUT2D eigenvalue weighted by atomic mass is 16.2. The lowest BCUT2D eigenvalue weighted by atomic mass is 10.1. The van der Waals surface area contributed by atoms with Crippen molar-refractivity contribution in [2.45, 2.75) is 46.6 Å². The van der Waals surface area contributed by atoms with E-state index in [1.54, 1.807) is 4.90 Å². The molecule has 0 bridgehead atoms. The normalized spacial score (nSPS) is 17.8. The second kappa shape index (κ2) is 8.14. The summed E-state index contributed by atoms with van der Waals surface area (Å²) < 4.78 is 0. The van der Waals surface area contributed by atoms with Crippen LogP contribution in [0.15, 0.2) is 24.3 Å². The minimum atomic E-state index is -0.202. The summed E-state index contributed by atoms with van der Waals surface area (Å²) in [6, 6.07) is 8.19. The maximum Gasteiger partial charge on any atom is 0.225 e. The molecule has 0 aromatic heterocycles. The Hall–Kier alpha value is -1.84. The van der Waals surface area contributed by atoms with E-state index in [1.807, 2.05) is 19.1 Å². The van der Waals surface area contributed by atoms with Crippen LogP contribution in [0, 0.1) is 18.8 Å². The lowest BCUT2D eigenvalue weighted by Crippen LogP contribution is -2.33. The molecule has 0 saturated carbocycles. The highest BCUT2D eigenvalue weighted by molar-refractivity contribution is 5.89. The van der Waals surface area contributed by atoms with Gasteiger partial charge in [-0.3, -0.25) is 9.59 Å². The van der Waals surface area contributed by atoms with Crippen molar-refractivity contribution in [3.8, 4) is 0 Å².